The lowest BCUT2D eigenvalue weighted by atomic mass is 9.89. The van der Waals surface area contributed by atoms with Gasteiger partial charge >= 0.3 is 0 Å². The highest BCUT2D eigenvalue weighted by Crippen LogP contribution is 2.30. The van der Waals surface area contributed by atoms with Crippen LogP contribution in [-0.4, -0.2) is 62.7 Å². The monoisotopic (exact) mass is 298 g/mol. The summed E-state index contributed by atoms with van der Waals surface area (Å²) in [7, 11) is 0. The molecule has 1 aromatic rings. The average molecular weight is 298 g/mol. The van der Waals surface area contributed by atoms with Crippen LogP contribution in [0, 0.1) is 0 Å². The molecule has 6 heteroatoms. The van der Waals surface area contributed by atoms with E-state index in [2.05, 4.69) is 0 Å². The van der Waals surface area contributed by atoms with Gasteiger partial charge in [0.1, 0.15) is 36.6 Å². The molecular formula is C15H22O6. The van der Waals surface area contributed by atoms with Crippen molar-refractivity contribution in [3.05, 3.63) is 35.4 Å². The van der Waals surface area contributed by atoms with Crippen molar-refractivity contribution in [3.8, 4) is 0 Å². The summed E-state index contributed by atoms with van der Waals surface area (Å²) in [5.74, 6) is 0. The standard InChI is InChI=1S/C15H22O6/c1-2-8-4-3-5-9(6-8)11(17)15-14(20)13(19)12(18)10(7-16)21-15/h3-6,10-20H,2,7H2,1H3/t10-,11?,12-,13?,14?,15?/m0/s1. The molecule has 0 spiro atoms. The number of hydrogen-bond donors (Lipinski definition) is 5. The van der Waals surface area contributed by atoms with Crippen LogP contribution >= 0.6 is 0 Å². The van der Waals surface area contributed by atoms with Gasteiger partial charge in [-0.2, -0.15) is 0 Å². The normalized spacial score (nSPS) is 34.7. The van der Waals surface area contributed by atoms with Crippen LogP contribution < -0.4 is 0 Å². The second-order valence-electron chi connectivity index (χ2n) is 5.34. The van der Waals surface area contributed by atoms with Crippen molar-refractivity contribution in [1.29, 1.82) is 0 Å². The third-order valence-electron chi connectivity index (χ3n) is 3.94. The molecule has 2 rings (SSSR count). The van der Waals surface area contributed by atoms with E-state index in [1.165, 1.54) is 0 Å². The van der Waals surface area contributed by atoms with Gasteiger partial charge in [-0.05, 0) is 17.5 Å². The van der Waals surface area contributed by atoms with Crippen molar-refractivity contribution >= 4 is 0 Å². The zero-order chi connectivity index (χ0) is 15.6. The first kappa shape index (κ1) is 16.4. The third-order valence-corrected chi connectivity index (χ3v) is 3.94. The maximum atomic E-state index is 10.4. The van der Waals surface area contributed by atoms with Crippen LogP contribution in [0.4, 0.5) is 0 Å². The molecule has 21 heavy (non-hydrogen) atoms. The van der Waals surface area contributed by atoms with Crippen LogP contribution in [0.15, 0.2) is 24.3 Å². The highest BCUT2D eigenvalue weighted by atomic mass is 16.6. The lowest BCUT2D eigenvalue weighted by Gasteiger charge is -2.41. The molecule has 1 saturated heterocycles. The number of hydrogen-bond acceptors (Lipinski definition) is 6. The Morgan fingerprint density at radius 3 is 2.48 bits per heavy atom. The Balaban J connectivity index is 2.22. The zero-order valence-electron chi connectivity index (χ0n) is 11.8. The lowest BCUT2D eigenvalue weighted by molar-refractivity contribution is -0.250. The van der Waals surface area contributed by atoms with Gasteiger partial charge in [0.05, 0.1) is 6.61 Å². The van der Waals surface area contributed by atoms with Gasteiger partial charge in [0.2, 0.25) is 0 Å². The second-order valence-corrected chi connectivity index (χ2v) is 5.34. The fourth-order valence-corrected chi connectivity index (χ4v) is 2.58. The summed E-state index contributed by atoms with van der Waals surface area (Å²) in [6, 6.07) is 7.21. The van der Waals surface area contributed by atoms with Crippen molar-refractivity contribution in [2.75, 3.05) is 6.61 Å². The minimum atomic E-state index is -1.48. The SMILES string of the molecule is CCc1cccc(C(O)C2O[C@@H](CO)[C@H](O)C(O)C2O)c1. The number of benzene rings is 1. The number of aliphatic hydroxyl groups is 5. The summed E-state index contributed by atoms with van der Waals surface area (Å²) in [5.41, 5.74) is 1.58. The molecule has 1 heterocycles. The van der Waals surface area contributed by atoms with Crippen LogP contribution in [0.3, 0.4) is 0 Å². The van der Waals surface area contributed by atoms with Crippen molar-refractivity contribution < 1.29 is 30.3 Å². The highest BCUT2D eigenvalue weighted by Gasteiger charge is 2.46. The fraction of sp³-hybridized carbons (Fsp3) is 0.600. The summed E-state index contributed by atoms with van der Waals surface area (Å²) in [4.78, 5) is 0. The molecule has 5 N–H and O–H groups in total. The molecule has 1 aromatic carbocycles. The van der Waals surface area contributed by atoms with E-state index in [1.807, 2.05) is 13.0 Å². The Bertz CT molecular complexity index is 463. The molecule has 0 bridgehead atoms. The third kappa shape index (κ3) is 3.26. The summed E-state index contributed by atoms with van der Waals surface area (Å²) in [5, 5.41) is 49.1. The van der Waals surface area contributed by atoms with Gasteiger partial charge in [0, 0.05) is 0 Å². The van der Waals surface area contributed by atoms with Crippen LogP contribution in [0.5, 0.6) is 0 Å². The van der Waals surface area contributed by atoms with Crippen LogP contribution in [0.25, 0.3) is 0 Å². The van der Waals surface area contributed by atoms with Gasteiger partial charge in [-0.15, -0.1) is 0 Å². The second kappa shape index (κ2) is 6.83. The van der Waals surface area contributed by atoms with Gasteiger partial charge in [0.15, 0.2) is 0 Å². The molecule has 4 unspecified atom stereocenters. The molecule has 6 atom stereocenters. The van der Waals surface area contributed by atoms with E-state index in [-0.39, 0.29) is 0 Å². The predicted octanol–water partition coefficient (Wildman–Crippen LogP) is -0.875. The van der Waals surface area contributed by atoms with Gasteiger partial charge in [0.25, 0.3) is 0 Å². The summed E-state index contributed by atoms with van der Waals surface area (Å²) >= 11 is 0. The molecule has 0 aliphatic carbocycles. The number of ether oxygens (including phenoxy) is 1. The quantitative estimate of drug-likeness (QED) is 0.494. The van der Waals surface area contributed by atoms with Crippen molar-refractivity contribution in [2.24, 2.45) is 0 Å². The van der Waals surface area contributed by atoms with E-state index < -0.39 is 43.2 Å². The molecule has 6 nitrogen and oxygen atoms in total. The van der Waals surface area contributed by atoms with Gasteiger partial charge in [-0.1, -0.05) is 31.2 Å². The maximum Gasteiger partial charge on any atom is 0.117 e. The van der Waals surface area contributed by atoms with E-state index in [4.69, 9.17) is 9.84 Å². The van der Waals surface area contributed by atoms with E-state index in [9.17, 15) is 20.4 Å². The largest absolute Gasteiger partial charge is 0.394 e. The Labute approximate surface area is 123 Å². The van der Waals surface area contributed by atoms with Crippen LogP contribution in [-0.2, 0) is 11.2 Å². The predicted molar refractivity (Wildman–Crippen MR) is 74.5 cm³/mol. The molecule has 0 amide bonds. The first-order chi connectivity index (χ1) is 9.99. The van der Waals surface area contributed by atoms with Crippen LogP contribution in [0.1, 0.15) is 24.2 Å². The molecule has 1 aliphatic rings. The number of aliphatic hydroxyl groups excluding tert-OH is 5. The Morgan fingerprint density at radius 1 is 1.14 bits per heavy atom. The first-order valence-corrected chi connectivity index (χ1v) is 7.07. The first-order valence-electron chi connectivity index (χ1n) is 7.07. The summed E-state index contributed by atoms with van der Waals surface area (Å²) in [6.45, 7) is 1.47. The summed E-state index contributed by atoms with van der Waals surface area (Å²) < 4.78 is 5.36. The van der Waals surface area contributed by atoms with Gasteiger partial charge < -0.3 is 30.3 Å². The van der Waals surface area contributed by atoms with E-state index in [0.29, 0.717) is 5.56 Å². The Hall–Kier alpha value is -1.02. The molecule has 1 fully saturated rings. The molecule has 1 aliphatic heterocycles. The minimum absolute atomic E-state index is 0.511. The van der Waals surface area contributed by atoms with Crippen molar-refractivity contribution in [3.63, 3.8) is 0 Å². The van der Waals surface area contributed by atoms with E-state index in [0.717, 1.165) is 12.0 Å². The van der Waals surface area contributed by atoms with E-state index in [1.54, 1.807) is 18.2 Å². The summed E-state index contributed by atoms with van der Waals surface area (Å²) in [6.07, 6.45) is -6.84. The Kier molecular flexibility index (Phi) is 5.32. The average Bonchev–Trinajstić information content (AvgIpc) is 2.52. The molecular weight excluding hydrogens is 276 g/mol. The van der Waals surface area contributed by atoms with Gasteiger partial charge in [-0.25, -0.2) is 0 Å². The molecule has 0 radical (unpaired) electrons. The topological polar surface area (TPSA) is 110 Å². The zero-order valence-corrected chi connectivity index (χ0v) is 11.8. The molecule has 118 valence electrons. The van der Waals surface area contributed by atoms with Crippen molar-refractivity contribution in [1.82, 2.24) is 0 Å². The van der Waals surface area contributed by atoms with E-state index >= 15 is 0 Å². The van der Waals surface area contributed by atoms with Crippen LogP contribution in [0.2, 0.25) is 0 Å². The molecule has 0 aromatic heterocycles. The Morgan fingerprint density at radius 2 is 1.86 bits per heavy atom. The molecule has 0 saturated carbocycles. The van der Waals surface area contributed by atoms with Gasteiger partial charge in [-0.3, -0.25) is 0 Å². The number of rotatable bonds is 4. The number of aryl methyl sites for hydroxylation is 1. The highest BCUT2D eigenvalue weighted by molar-refractivity contribution is 5.26. The lowest BCUT2D eigenvalue weighted by Crippen LogP contribution is -2.59. The maximum absolute atomic E-state index is 10.4. The van der Waals surface area contributed by atoms with Crippen molar-refractivity contribution in [2.45, 2.75) is 50.0 Å². The minimum Gasteiger partial charge on any atom is -0.394 e. The fourth-order valence-electron chi connectivity index (χ4n) is 2.58. The smallest absolute Gasteiger partial charge is 0.117 e.